The normalized spacial score (nSPS) is 29.8. The maximum Gasteiger partial charge on any atom is 0.155 e. The Labute approximate surface area is 121 Å². The first-order chi connectivity index (χ1) is 8.93. The van der Waals surface area contributed by atoms with Crippen LogP contribution in [0.15, 0.2) is 28.7 Å². The third kappa shape index (κ3) is 2.20. The van der Waals surface area contributed by atoms with Crippen LogP contribution >= 0.6 is 15.9 Å². The number of hydrogen-bond acceptors (Lipinski definition) is 4. The highest BCUT2D eigenvalue weighted by Gasteiger charge is 2.71. The molecule has 1 aliphatic rings. The van der Waals surface area contributed by atoms with Crippen LogP contribution in [0.1, 0.15) is 18.4 Å². The molecule has 1 aromatic rings. The lowest BCUT2D eigenvalue weighted by Gasteiger charge is -2.03. The Balaban J connectivity index is 2.46. The highest BCUT2D eigenvalue weighted by Crippen LogP contribution is 2.62. The van der Waals surface area contributed by atoms with Crippen LogP contribution in [0.5, 0.6) is 0 Å². The van der Waals surface area contributed by atoms with Gasteiger partial charge in [0.05, 0.1) is 17.9 Å². The Morgan fingerprint density at radius 2 is 2.00 bits per heavy atom. The number of hydrogen-bond donors (Lipinski definition) is 1. The number of aliphatic hydroxyl groups is 1. The van der Waals surface area contributed by atoms with Gasteiger partial charge in [-0.25, -0.2) is 8.42 Å². The molecule has 0 heterocycles. The Hall–Kier alpha value is -0.900. The van der Waals surface area contributed by atoms with Gasteiger partial charge in [0.2, 0.25) is 0 Å². The second kappa shape index (κ2) is 4.89. The van der Waals surface area contributed by atoms with E-state index in [1.54, 1.807) is 19.1 Å². The SMILES string of the molecule is CCS(=O)(=O)[C@@H]1[C@@H](c2ccc(Br)cc2)[C@]1(C#N)CO. The van der Waals surface area contributed by atoms with Gasteiger partial charge >= 0.3 is 0 Å². The fraction of sp³-hybridized carbons (Fsp3) is 0.462. The summed E-state index contributed by atoms with van der Waals surface area (Å²) in [6.45, 7) is 1.12. The van der Waals surface area contributed by atoms with Gasteiger partial charge in [-0.05, 0) is 17.7 Å². The van der Waals surface area contributed by atoms with Crippen LogP contribution in [0.25, 0.3) is 0 Å². The predicted octanol–water partition coefficient (Wildman–Crippen LogP) is 1.85. The number of rotatable bonds is 4. The molecule has 0 aliphatic heterocycles. The molecule has 0 bridgehead atoms. The van der Waals surface area contributed by atoms with E-state index < -0.39 is 33.0 Å². The summed E-state index contributed by atoms with van der Waals surface area (Å²) in [6, 6.07) is 9.22. The zero-order valence-corrected chi connectivity index (χ0v) is 12.8. The molecule has 4 nitrogen and oxygen atoms in total. The summed E-state index contributed by atoms with van der Waals surface area (Å²) in [6.07, 6.45) is 0. The molecule has 1 aromatic carbocycles. The fourth-order valence-electron chi connectivity index (χ4n) is 2.61. The summed E-state index contributed by atoms with van der Waals surface area (Å²) >= 11 is 3.31. The molecule has 1 N–H and O–H groups in total. The molecule has 0 unspecified atom stereocenters. The van der Waals surface area contributed by atoms with Gasteiger partial charge < -0.3 is 5.11 Å². The van der Waals surface area contributed by atoms with E-state index in [1.807, 2.05) is 18.2 Å². The summed E-state index contributed by atoms with van der Waals surface area (Å²) in [5.41, 5.74) is -0.413. The summed E-state index contributed by atoms with van der Waals surface area (Å²) < 4.78 is 25.0. The lowest BCUT2D eigenvalue weighted by molar-refractivity contribution is 0.242. The Morgan fingerprint density at radius 3 is 2.42 bits per heavy atom. The van der Waals surface area contributed by atoms with Crippen molar-refractivity contribution in [3.05, 3.63) is 34.3 Å². The predicted molar refractivity (Wildman–Crippen MR) is 75.3 cm³/mol. The quantitative estimate of drug-likeness (QED) is 0.904. The van der Waals surface area contributed by atoms with Crippen LogP contribution in [-0.2, 0) is 9.84 Å². The van der Waals surface area contributed by atoms with Gasteiger partial charge in [-0.3, -0.25) is 0 Å². The van der Waals surface area contributed by atoms with E-state index in [1.165, 1.54) is 0 Å². The van der Waals surface area contributed by atoms with Crippen molar-refractivity contribution in [3.63, 3.8) is 0 Å². The van der Waals surface area contributed by atoms with E-state index in [9.17, 15) is 18.8 Å². The lowest BCUT2D eigenvalue weighted by Crippen LogP contribution is -2.19. The molecule has 1 saturated carbocycles. The van der Waals surface area contributed by atoms with Crippen molar-refractivity contribution in [1.29, 1.82) is 5.26 Å². The van der Waals surface area contributed by atoms with Crippen LogP contribution in [-0.4, -0.2) is 31.1 Å². The average Bonchev–Trinajstić information content (AvgIpc) is 3.10. The lowest BCUT2D eigenvalue weighted by atomic mass is 10.0. The maximum atomic E-state index is 12.1. The number of nitriles is 1. The van der Waals surface area contributed by atoms with Gasteiger partial charge in [0, 0.05) is 16.1 Å². The zero-order chi connectivity index (χ0) is 14.3. The summed E-state index contributed by atoms with van der Waals surface area (Å²) in [7, 11) is -3.36. The topological polar surface area (TPSA) is 78.2 Å². The van der Waals surface area contributed by atoms with E-state index in [2.05, 4.69) is 15.9 Å². The van der Waals surface area contributed by atoms with Crippen LogP contribution in [0.3, 0.4) is 0 Å². The number of sulfone groups is 1. The van der Waals surface area contributed by atoms with Crippen LogP contribution in [0.4, 0.5) is 0 Å². The molecule has 0 radical (unpaired) electrons. The molecular formula is C13H14BrNO3S. The summed E-state index contributed by atoms with van der Waals surface area (Å²) in [5, 5.41) is 18.0. The smallest absolute Gasteiger partial charge is 0.155 e. The van der Waals surface area contributed by atoms with Crippen LogP contribution in [0, 0.1) is 16.7 Å². The minimum Gasteiger partial charge on any atom is -0.395 e. The van der Waals surface area contributed by atoms with Gasteiger partial charge in [0.15, 0.2) is 9.84 Å². The minimum absolute atomic E-state index is 0.0197. The molecule has 0 amide bonds. The molecule has 2 rings (SSSR count). The highest BCUT2D eigenvalue weighted by molar-refractivity contribution is 9.10. The molecule has 6 heteroatoms. The van der Waals surface area contributed by atoms with Crippen molar-refractivity contribution in [1.82, 2.24) is 0 Å². The first kappa shape index (κ1) is 14.5. The monoisotopic (exact) mass is 343 g/mol. The molecule has 102 valence electrons. The summed E-state index contributed by atoms with van der Waals surface area (Å²) in [5.74, 6) is -0.464. The van der Waals surface area contributed by atoms with Crippen molar-refractivity contribution in [2.24, 2.45) is 5.41 Å². The number of benzene rings is 1. The van der Waals surface area contributed by atoms with Crippen molar-refractivity contribution in [2.45, 2.75) is 18.1 Å². The van der Waals surface area contributed by atoms with Crippen molar-refractivity contribution in [2.75, 3.05) is 12.4 Å². The average molecular weight is 344 g/mol. The first-order valence-corrected chi connectivity index (χ1v) is 8.43. The molecule has 1 fully saturated rings. The molecular weight excluding hydrogens is 330 g/mol. The van der Waals surface area contributed by atoms with Gasteiger partial charge in [-0.1, -0.05) is 35.0 Å². The molecule has 0 aromatic heterocycles. The van der Waals surface area contributed by atoms with Gasteiger partial charge in [0.1, 0.15) is 5.41 Å². The van der Waals surface area contributed by atoms with E-state index >= 15 is 0 Å². The number of nitrogens with zero attached hydrogens (tertiary/aromatic N) is 1. The second-order valence-corrected chi connectivity index (χ2v) is 8.04. The van der Waals surface area contributed by atoms with Gasteiger partial charge in [-0.15, -0.1) is 0 Å². The largest absolute Gasteiger partial charge is 0.395 e. The standard InChI is InChI=1S/C13H14BrNO3S/c1-2-19(17,18)12-11(13(12,7-15)8-16)9-3-5-10(14)6-4-9/h3-6,11-12,16H,2,8H2,1H3/t11-,12-,13+/m1/s1. The van der Waals surface area contributed by atoms with E-state index in [0.29, 0.717) is 0 Å². The fourth-order valence-corrected chi connectivity index (χ4v) is 4.89. The van der Waals surface area contributed by atoms with Gasteiger partial charge in [-0.2, -0.15) is 5.26 Å². The van der Waals surface area contributed by atoms with Crippen molar-refractivity contribution < 1.29 is 13.5 Å². The highest BCUT2D eigenvalue weighted by atomic mass is 79.9. The second-order valence-electron chi connectivity index (χ2n) is 4.71. The molecule has 3 atom stereocenters. The van der Waals surface area contributed by atoms with Crippen LogP contribution < -0.4 is 0 Å². The summed E-state index contributed by atoms with van der Waals surface area (Å²) in [4.78, 5) is 0. The van der Waals surface area contributed by atoms with Gasteiger partial charge in [0.25, 0.3) is 0 Å². The maximum absolute atomic E-state index is 12.1. The minimum atomic E-state index is -3.36. The molecule has 19 heavy (non-hydrogen) atoms. The number of aliphatic hydroxyl groups excluding tert-OH is 1. The molecule has 0 saturated heterocycles. The van der Waals surface area contributed by atoms with E-state index in [-0.39, 0.29) is 5.75 Å². The van der Waals surface area contributed by atoms with Crippen molar-refractivity contribution >= 4 is 25.8 Å². The third-order valence-electron chi connectivity index (χ3n) is 3.74. The Kier molecular flexibility index (Phi) is 3.74. The molecule has 1 aliphatic carbocycles. The van der Waals surface area contributed by atoms with Crippen LogP contribution in [0.2, 0.25) is 0 Å². The zero-order valence-electron chi connectivity index (χ0n) is 10.4. The Bertz CT molecular complexity index is 620. The van der Waals surface area contributed by atoms with E-state index in [0.717, 1.165) is 10.0 Å². The first-order valence-electron chi connectivity index (χ1n) is 5.92. The molecule has 0 spiro atoms. The van der Waals surface area contributed by atoms with Crippen molar-refractivity contribution in [3.8, 4) is 6.07 Å². The Morgan fingerprint density at radius 1 is 1.42 bits per heavy atom. The third-order valence-corrected chi connectivity index (χ3v) is 6.54. The van der Waals surface area contributed by atoms with E-state index in [4.69, 9.17) is 0 Å². The number of halogens is 1.